The van der Waals surface area contributed by atoms with E-state index >= 15 is 0 Å². The summed E-state index contributed by atoms with van der Waals surface area (Å²) in [5.41, 5.74) is 4.90. The summed E-state index contributed by atoms with van der Waals surface area (Å²) >= 11 is 0. The Morgan fingerprint density at radius 2 is 1.69 bits per heavy atom. The number of rotatable bonds is 4. The quantitative estimate of drug-likeness (QED) is 0.702. The molecule has 3 heteroatoms. The molecule has 0 spiro atoms. The third-order valence-electron chi connectivity index (χ3n) is 4.93. The van der Waals surface area contributed by atoms with E-state index in [1.807, 2.05) is 72.8 Å². The standard InChI is InChI=1S/C23H21NO2/c25-21-14-17-9-4-5-12-20(17)22(21)24-15-19-11-6-10-18(23(19)26)13-16-7-2-1-3-8-16/h1-12,15,21-22,25-26H,13-14H2/t21-,22+/m0/s1. The first-order valence-corrected chi connectivity index (χ1v) is 8.86. The number of hydrogen-bond acceptors (Lipinski definition) is 3. The van der Waals surface area contributed by atoms with Crippen molar-refractivity contribution in [2.75, 3.05) is 0 Å². The first-order chi connectivity index (χ1) is 12.7. The van der Waals surface area contributed by atoms with E-state index in [9.17, 15) is 10.2 Å². The summed E-state index contributed by atoms with van der Waals surface area (Å²) in [6, 6.07) is 23.5. The van der Waals surface area contributed by atoms with Gasteiger partial charge in [0.1, 0.15) is 11.8 Å². The van der Waals surface area contributed by atoms with Gasteiger partial charge >= 0.3 is 0 Å². The summed E-state index contributed by atoms with van der Waals surface area (Å²) in [6.07, 6.45) is 2.46. The molecule has 0 aliphatic heterocycles. The third-order valence-corrected chi connectivity index (χ3v) is 4.93. The van der Waals surface area contributed by atoms with Crippen LogP contribution in [0, 0.1) is 0 Å². The Morgan fingerprint density at radius 3 is 2.54 bits per heavy atom. The van der Waals surface area contributed by atoms with Crippen LogP contribution in [0.1, 0.15) is 33.9 Å². The number of fused-ring (bicyclic) bond motifs is 1. The SMILES string of the molecule is Oc1c(C=N[C@@H]2c3ccccc3C[C@@H]2O)cccc1Cc1ccccc1. The minimum absolute atomic E-state index is 0.251. The Kier molecular flexibility index (Phi) is 4.55. The molecule has 3 aromatic carbocycles. The molecule has 0 radical (unpaired) electrons. The Bertz CT molecular complexity index is 934. The zero-order valence-electron chi connectivity index (χ0n) is 14.4. The van der Waals surface area contributed by atoms with Crippen molar-refractivity contribution in [3.8, 4) is 5.75 Å². The fraction of sp³-hybridized carbons (Fsp3) is 0.174. The van der Waals surface area contributed by atoms with E-state index in [1.54, 1.807) is 6.21 Å². The molecule has 0 aromatic heterocycles. The smallest absolute Gasteiger partial charge is 0.127 e. The molecule has 3 aromatic rings. The number of phenols is 1. The number of nitrogens with zero attached hydrogens (tertiary/aromatic N) is 1. The molecule has 0 amide bonds. The first-order valence-electron chi connectivity index (χ1n) is 8.86. The molecular formula is C23H21NO2. The van der Waals surface area contributed by atoms with Gasteiger partial charge in [0.2, 0.25) is 0 Å². The number of benzene rings is 3. The molecule has 1 aliphatic rings. The minimum Gasteiger partial charge on any atom is -0.507 e. The lowest BCUT2D eigenvalue weighted by Gasteiger charge is -2.11. The Morgan fingerprint density at radius 1 is 0.923 bits per heavy atom. The van der Waals surface area contributed by atoms with E-state index in [2.05, 4.69) is 4.99 Å². The van der Waals surface area contributed by atoms with Crippen molar-refractivity contribution in [1.29, 1.82) is 0 Å². The van der Waals surface area contributed by atoms with Crippen LogP contribution < -0.4 is 0 Å². The second-order valence-electron chi connectivity index (χ2n) is 6.71. The van der Waals surface area contributed by atoms with Crippen molar-refractivity contribution in [2.45, 2.75) is 25.0 Å². The van der Waals surface area contributed by atoms with Crippen LogP contribution in [-0.2, 0) is 12.8 Å². The highest BCUT2D eigenvalue weighted by atomic mass is 16.3. The maximum Gasteiger partial charge on any atom is 0.127 e. The van der Waals surface area contributed by atoms with Gasteiger partial charge in [-0.25, -0.2) is 0 Å². The Balaban J connectivity index is 1.59. The van der Waals surface area contributed by atoms with Crippen LogP contribution in [0.15, 0.2) is 77.8 Å². The van der Waals surface area contributed by atoms with Crippen LogP contribution in [0.4, 0.5) is 0 Å². The van der Waals surface area contributed by atoms with Crippen molar-refractivity contribution in [2.24, 2.45) is 4.99 Å². The maximum atomic E-state index is 10.6. The zero-order chi connectivity index (χ0) is 17.9. The van der Waals surface area contributed by atoms with Crippen molar-refractivity contribution in [1.82, 2.24) is 0 Å². The number of para-hydroxylation sites is 1. The van der Waals surface area contributed by atoms with Crippen LogP contribution >= 0.6 is 0 Å². The molecule has 26 heavy (non-hydrogen) atoms. The van der Waals surface area contributed by atoms with Gasteiger partial charge in [0, 0.05) is 24.6 Å². The molecule has 3 nitrogen and oxygen atoms in total. The minimum atomic E-state index is -0.515. The topological polar surface area (TPSA) is 52.8 Å². The van der Waals surface area contributed by atoms with Crippen LogP contribution in [0.5, 0.6) is 5.75 Å². The molecule has 0 saturated carbocycles. The zero-order valence-corrected chi connectivity index (χ0v) is 14.4. The molecular weight excluding hydrogens is 322 g/mol. The van der Waals surface area contributed by atoms with Crippen LogP contribution in [-0.4, -0.2) is 22.5 Å². The first kappa shape index (κ1) is 16.6. The largest absolute Gasteiger partial charge is 0.507 e. The van der Waals surface area contributed by atoms with Gasteiger partial charge in [0.15, 0.2) is 0 Å². The summed E-state index contributed by atoms with van der Waals surface area (Å²) in [5.74, 6) is 0.251. The highest BCUT2D eigenvalue weighted by molar-refractivity contribution is 5.84. The van der Waals surface area contributed by atoms with Gasteiger partial charge in [-0.2, -0.15) is 0 Å². The average Bonchev–Trinajstić information content (AvgIpc) is 2.98. The van der Waals surface area contributed by atoms with Crippen LogP contribution in [0.3, 0.4) is 0 Å². The molecule has 0 heterocycles. The third kappa shape index (κ3) is 3.26. The van der Waals surface area contributed by atoms with E-state index in [1.165, 1.54) is 0 Å². The lowest BCUT2D eigenvalue weighted by molar-refractivity contribution is 0.159. The lowest BCUT2D eigenvalue weighted by atomic mass is 10.0. The molecule has 2 N–H and O–H groups in total. The summed E-state index contributed by atoms with van der Waals surface area (Å²) in [6.45, 7) is 0. The predicted molar refractivity (Wildman–Crippen MR) is 104 cm³/mol. The van der Waals surface area contributed by atoms with Gasteiger partial charge in [0.25, 0.3) is 0 Å². The number of aromatic hydroxyl groups is 1. The summed E-state index contributed by atoms with van der Waals surface area (Å²) in [4.78, 5) is 4.59. The number of phenolic OH excluding ortho intramolecular Hbond substituents is 1. The van der Waals surface area contributed by atoms with Gasteiger partial charge < -0.3 is 10.2 Å². The molecule has 0 saturated heterocycles. The van der Waals surface area contributed by atoms with E-state index < -0.39 is 6.10 Å². The predicted octanol–water partition coefficient (Wildman–Crippen LogP) is 4.06. The fourth-order valence-electron chi connectivity index (χ4n) is 3.57. The van der Waals surface area contributed by atoms with Crippen molar-refractivity contribution >= 4 is 6.21 Å². The fourth-order valence-corrected chi connectivity index (χ4v) is 3.57. The van der Waals surface area contributed by atoms with E-state index in [4.69, 9.17) is 0 Å². The Labute approximate surface area is 153 Å². The van der Waals surface area contributed by atoms with Crippen molar-refractivity contribution in [3.63, 3.8) is 0 Å². The van der Waals surface area contributed by atoms with Crippen LogP contribution in [0.2, 0.25) is 0 Å². The van der Waals surface area contributed by atoms with Gasteiger partial charge in [-0.1, -0.05) is 66.7 Å². The van der Waals surface area contributed by atoms with E-state index in [-0.39, 0.29) is 11.8 Å². The van der Waals surface area contributed by atoms with Crippen LogP contribution in [0.25, 0.3) is 0 Å². The van der Waals surface area contributed by atoms with Gasteiger partial charge in [-0.3, -0.25) is 4.99 Å². The molecule has 0 fully saturated rings. The van der Waals surface area contributed by atoms with Gasteiger partial charge in [-0.05, 0) is 28.3 Å². The maximum absolute atomic E-state index is 10.6. The highest BCUT2D eigenvalue weighted by Crippen LogP contribution is 2.34. The summed E-state index contributed by atoms with van der Waals surface area (Å²) < 4.78 is 0. The average molecular weight is 343 g/mol. The van der Waals surface area contributed by atoms with E-state index in [0.29, 0.717) is 18.4 Å². The molecule has 4 rings (SSSR count). The number of aliphatic hydroxyl groups excluding tert-OH is 1. The number of hydrogen-bond donors (Lipinski definition) is 2. The lowest BCUT2D eigenvalue weighted by Crippen LogP contribution is -2.11. The summed E-state index contributed by atoms with van der Waals surface area (Å²) in [5, 5.41) is 21.0. The monoisotopic (exact) mass is 343 g/mol. The van der Waals surface area contributed by atoms with Crippen molar-refractivity contribution in [3.05, 3.63) is 101 Å². The normalized spacial score (nSPS) is 19.0. The highest BCUT2D eigenvalue weighted by Gasteiger charge is 2.29. The number of aliphatic hydroxyl groups is 1. The molecule has 1 aliphatic carbocycles. The van der Waals surface area contributed by atoms with Gasteiger partial charge in [-0.15, -0.1) is 0 Å². The second-order valence-corrected chi connectivity index (χ2v) is 6.71. The molecule has 130 valence electrons. The Hall–Kier alpha value is -2.91. The number of aliphatic imine (C=N–C) groups is 1. The van der Waals surface area contributed by atoms with E-state index in [0.717, 1.165) is 22.3 Å². The van der Waals surface area contributed by atoms with Crippen molar-refractivity contribution < 1.29 is 10.2 Å². The second kappa shape index (κ2) is 7.14. The molecule has 0 bridgehead atoms. The van der Waals surface area contributed by atoms with Gasteiger partial charge in [0.05, 0.1) is 6.10 Å². The molecule has 0 unspecified atom stereocenters. The molecule has 2 atom stereocenters. The summed E-state index contributed by atoms with van der Waals surface area (Å²) in [7, 11) is 0.